The number of fused-ring (bicyclic) bond motifs is 2. The molecular weight excluding hydrogens is 571 g/mol. The van der Waals surface area contributed by atoms with Crippen molar-refractivity contribution in [3.8, 4) is 33.6 Å². The number of nitrogens with zero attached hydrogens (tertiary/aromatic N) is 4. The minimum Gasteiger partial charge on any atom is -0.352 e. The van der Waals surface area contributed by atoms with Crippen LogP contribution < -0.4 is 11.1 Å². The van der Waals surface area contributed by atoms with E-state index in [2.05, 4.69) is 35.5 Å². The van der Waals surface area contributed by atoms with E-state index in [1.54, 1.807) is 37.1 Å². The summed E-state index contributed by atoms with van der Waals surface area (Å²) in [7, 11) is -3.64. The van der Waals surface area contributed by atoms with Gasteiger partial charge < -0.3 is 16.0 Å². The normalized spacial score (nSPS) is 14.3. The van der Waals surface area contributed by atoms with Crippen molar-refractivity contribution in [1.29, 1.82) is 0 Å². The van der Waals surface area contributed by atoms with Gasteiger partial charge in [-0.2, -0.15) is 5.10 Å². The molecule has 1 atom stereocenters. The Balaban J connectivity index is 1.27. The topological polar surface area (TPSA) is 172 Å². The minimum atomic E-state index is -3.64. The molecule has 43 heavy (non-hydrogen) atoms. The highest BCUT2D eigenvalue weighted by Crippen LogP contribution is 2.36. The molecule has 0 aliphatic heterocycles. The number of hydrogen-bond acceptors (Lipinski definition) is 8. The number of H-pyrrole nitrogens is 2. The molecule has 13 heteroatoms. The van der Waals surface area contributed by atoms with E-state index in [9.17, 15) is 17.6 Å². The Morgan fingerprint density at radius 1 is 0.977 bits per heavy atom. The van der Waals surface area contributed by atoms with Crippen LogP contribution in [0.3, 0.4) is 0 Å². The van der Waals surface area contributed by atoms with Crippen molar-refractivity contribution in [3.63, 3.8) is 0 Å². The van der Waals surface area contributed by atoms with Crippen molar-refractivity contribution < 1.29 is 17.6 Å². The Morgan fingerprint density at radius 2 is 1.77 bits per heavy atom. The number of sulfone groups is 1. The summed E-state index contributed by atoms with van der Waals surface area (Å²) < 4.78 is 38.7. The number of carbonyl (C=O) groups excluding carboxylic acids is 1. The number of amides is 1. The number of carbonyl (C=O) groups is 1. The Hall–Kier alpha value is -5.01. The zero-order chi connectivity index (χ0) is 29.9. The van der Waals surface area contributed by atoms with Gasteiger partial charge in [-0.3, -0.25) is 19.9 Å². The zero-order valence-corrected chi connectivity index (χ0v) is 23.6. The van der Waals surface area contributed by atoms with Crippen LogP contribution in [0.1, 0.15) is 23.8 Å². The molecule has 5 N–H and O–H groups in total. The monoisotopic (exact) mass is 596 g/mol. The van der Waals surface area contributed by atoms with Crippen LogP contribution >= 0.6 is 0 Å². The largest absolute Gasteiger partial charge is 0.352 e. The van der Waals surface area contributed by atoms with Crippen LogP contribution in [0, 0.1) is 11.7 Å². The standard InChI is InChI=1S/C30H25FN8O3S/c1-43(41,42)28(32)17-4-16(5-20(31)6-17)24-13-34-14-26-22(24)9-25(37-26)27-23-8-19(11-35-29(23)39-38-27)18-7-21(12-33-10-18)36-30(40)15-2-3-15/h4-15,28,37H,2-3,32H2,1H3,(H,36,40)(H,35,38,39). The predicted octanol–water partition coefficient (Wildman–Crippen LogP) is 4.72. The van der Waals surface area contributed by atoms with Gasteiger partial charge in [0.05, 0.1) is 35.0 Å². The number of nitrogens with one attached hydrogen (secondary N) is 3. The molecule has 5 heterocycles. The lowest BCUT2D eigenvalue weighted by Crippen LogP contribution is -2.20. The van der Waals surface area contributed by atoms with Crippen molar-refractivity contribution in [3.05, 3.63) is 78.8 Å². The van der Waals surface area contributed by atoms with Crippen molar-refractivity contribution >= 4 is 43.4 Å². The Morgan fingerprint density at radius 3 is 2.56 bits per heavy atom. The van der Waals surface area contributed by atoms with E-state index in [0.29, 0.717) is 39.4 Å². The number of hydrogen-bond donors (Lipinski definition) is 4. The number of nitrogens with two attached hydrogens (primary N) is 1. The van der Waals surface area contributed by atoms with Gasteiger partial charge in [-0.05, 0) is 60.4 Å². The number of benzene rings is 1. The molecule has 0 bridgehead atoms. The van der Waals surface area contributed by atoms with Gasteiger partial charge in [-0.25, -0.2) is 17.8 Å². The molecule has 1 amide bonds. The van der Waals surface area contributed by atoms with Gasteiger partial charge in [0.15, 0.2) is 15.5 Å². The van der Waals surface area contributed by atoms with E-state index < -0.39 is 21.0 Å². The second kappa shape index (κ2) is 10.1. The van der Waals surface area contributed by atoms with Crippen LogP contribution in [0.5, 0.6) is 0 Å². The molecule has 1 fully saturated rings. The maximum Gasteiger partial charge on any atom is 0.227 e. The minimum absolute atomic E-state index is 0.00465. The fourth-order valence-corrected chi connectivity index (χ4v) is 5.74. The number of halogens is 1. The predicted molar refractivity (Wildman–Crippen MR) is 161 cm³/mol. The average Bonchev–Trinajstić information content (AvgIpc) is 3.62. The Kier molecular flexibility index (Phi) is 6.29. The molecular formula is C30H25FN8O3S. The highest BCUT2D eigenvalue weighted by atomic mass is 32.2. The van der Waals surface area contributed by atoms with Crippen molar-refractivity contribution in [1.82, 2.24) is 30.1 Å². The molecule has 1 saturated carbocycles. The fraction of sp³-hybridized carbons (Fsp3) is 0.167. The van der Waals surface area contributed by atoms with Crippen LogP contribution in [-0.2, 0) is 14.6 Å². The molecule has 11 nitrogen and oxygen atoms in total. The van der Waals surface area contributed by atoms with E-state index in [4.69, 9.17) is 5.73 Å². The van der Waals surface area contributed by atoms with E-state index >= 15 is 0 Å². The van der Waals surface area contributed by atoms with E-state index in [1.807, 2.05) is 18.2 Å². The van der Waals surface area contributed by atoms with Crippen LogP contribution in [-0.4, -0.2) is 50.7 Å². The Labute approximate surface area is 244 Å². The number of rotatable bonds is 7. The third kappa shape index (κ3) is 5.13. The van der Waals surface area contributed by atoms with Gasteiger partial charge in [0.2, 0.25) is 5.91 Å². The third-order valence-electron chi connectivity index (χ3n) is 7.53. The SMILES string of the molecule is CS(=O)(=O)C(N)c1cc(F)cc(-c2cncc3[nH]c(-c4[nH]nc5ncc(-c6cncc(NC(=O)C7CC7)c6)cc45)cc23)c1. The molecule has 1 aromatic carbocycles. The summed E-state index contributed by atoms with van der Waals surface area (Å²) in [5.74, 6) is -0.525. The lowest BCUT2D eigenvalue weighted by Gasteiger charge is -2.12. The van der Waals surface area contributed by atoms with Crippen LogP contribution in [0.15, 0.2) is 67.4 Å². The summed E-state index contributed by atoms with van der Waals surface area (Å²) in [6, 6.07) is 9.70. The summed E-state index contributed by atoms with van der Waals surface area (Å²) in [5.41, 5.74) is 11.8. The number of aromatic amines is 2. The van der Waals surface area contributed by atoms with Crippen LogP contribution in [0.2, 0.25) is 0 Å². The molecule has 1 aliphatic rings. The molecule has 1 aliphatic carbocycles. The van der Waals surface area contributed by atoms with E-state index in [-0.39, 0.29) is 17.4 Å². The first-order chi connectivity index (χ1) is 20.6. The molecule has 0 spiro atoms. The summed E-state index contributed by atoms with van der Waals surface area (Å²) in [4.78, 5) is 28.7. The third-order valence-corrected chi connectivity index (χ3v) is 8.73. The highest BCUT2D eigenvalue weighted by molar-refractivity contribution is 7.90. The first-order valence-electron chi connectivity index (χ1n) is 13.5. The van der Waals surface area contributed by atoms with E-state index in [1.165, 1.54) is 6.07 Å². The second-order valence-corrected chi connectivity index (χ2v) is 12.9. The summed E-state index contributed by atoms with van der Waals surface area (Å²) in [5, 5.41) is 10.5. The molecule has 6 aromatic rings. The van der Waals surface area contributed by atoms with Gasteiger partial charge in [0.1, 0.15) is 11.2 Å². The van der Waals surface area contributed by atoms with Gasteiger partial charge >= 0.3 is 0 Å². The van der Waals surface area contributed by atoms with Crippen molar-refractivity contribution in [2.75, 3.05) is 11.6 Å². The molecule has 7 rings (SSSR count). The fourth-order valence-electron chi connectivity index (χ4n) is 5.11. The van der Waals surface area contributed by atoms with Crippen LogP contribution in [0.25, 0.3) is 55.6 Å². The van der Waals surface area contributed by atoms with Crippen LogP contribution in [0.4, 0.5) is 10.1 Å². The first-order valence-corrected chi connectivity index (χ1v) is 15.4. The van der Waals surface area contributed by atoms with Gasteiger partial charge in [-0.1, -0.05) is 0 Å². The van der Waals surface area contributed by atoms with E-state index in [0.717, 1.165) is 47.1 Å². The van der Waals surface area contributed by atoms with Crippen molar-refractivity contribution in [2.24, 2.45) is 11.7 Å². The summed E-state index contributed by atoms with van der Waals surface area (Å²) >= 11 is 0. The summed E-state index contributed by atoms with van der Waals surface area (Å²) in [6.07, 6.45) is 11.1. The van der Waals surface area contributed by atoms with Gasteiger partial charge in [0.25, 0.3) is 0 Å². The lowest BCUT2D eigenvalue weighted by atomic mass is 10.0. The molecule has 0 radical (unpaired) electrons. The zero-order valence-electron chi connectivity index (χ0n) is 22.8. The average molecular weight is 597 g/mol. The lowest BCUT2D eigenvalue weighted by molar-refractivity contribution is -0.117. The number of anilines is 1. The van der Waals surface area contributed by atoms with Gasteiger partial charge in [0, 0.05) is 58.2 Å². The maximum atomic E-state index is 14.6. The Bertz CT molecular complexity index is 2170. The summed E-state index contributed by atoms with van der Waals surface area (Å²) in [6.45, 7) is 0. The first kappa shape index (κ1) is 26.9. The number of pyridine rings is 3. The second-order valence-electron chi connectivity index (χ2n) is 10.8. The molecule has 0 saturated heterocycles. The molecule has 5 aromatic heterocycles. The maximum absolute atomic E-state index is 14.6. The smallest absolute Gasteiger partial charge is 0.227 e. The molecule has 1 unspecified atom stereocenters. The van der Waals surface area contributed by atoms with Crippen molar-refractivity contribution in [2.45, 2.75) is 18.2 Å². The molecule has 216 valence electrons. The highest BCUT2D eigenvalue weighted by Gasteiger charge is 2.29. The van der Waals surface area contributed by atoms with Gasteiger partial charge in [-0.15, -0.1) is 0 Å². The number of aromatic nitrogens is 6. The quantitative estimate of drug-likeness (QED) is 0.205.